The molecule has 0 fully saturated rings. The van der Waals surface area contributed by atoms with E-state index >= 15 is 0 Å². The molecule has 0 saturated heterocycles. The molecule has 3 amide bonds. The molecule has 8 heteroatoms. The number of amides is 3. The van der Waals surface area contributed by atoms with Crippen molar-refractivity contribution in [1.82, 2.24) is 16.0 Å². The van der Waals surface area contributed by atoms with Crippen LogP contribution in [-0.2, 0) is 27.3 Å². The molecule has 0 bridgehead atoms. The SMILES string of the molecule is CC[C@H](C)[C@H](NC(=O)[C@H](Cc1ccc(O)cc1)NC(=O)CCN)C(=O)NCc1ccccc1. The van der Waals surface area contributed by atoms with Crippen molar-refractivity contribution in [3.63, 3.8) is 0 Å². The Bertz CT molecular complexity index is 902. The van der Waals surface area contributed by atoms with Gasteiger partial charge in [-0.15, -0.1) is 0 Å². The number of hydrogen-bond donors (Lipinski definition) is 5. The second kappa shape index (κ2) is 13.2. The molecule has 0 aliphatic heterocycles. The first-order valence-corrected chi connectivity index (χ1v) is 11.2. The zero-order chi connectivity index (χ0) is 24.2. The van der Waals surface area contributed by atoms with Gasteiger partial charge >= 0.3 is 0 Å². The lowest BCUT2D eigenvalue weighted by atomic mass is 9.97. The molecule has 0 radical (unpaired) electrons. The van der Waals surface area contributed by atoms with Gasteiger partial charge in [-0.3, -0.25) is 14.4 Å². The Balaban J connectivity index is 2.13. The lowest BCUT2D eigenvalue weighted by Gasteiger charge is -2.26. The average Bonchev–Trinajstić information content (AvgIpc) is 2.82. The van der Waals surface area contributed by atoms with Crippen LogP contribution in [0, 0.1) is 5.92 Å². The highest BCUT2D eigenvalue weighted by Gasteiger charge is 2.29. The minimum atomic E-state index is -0.887. The van der Waals surface area contributed by atoms with Gasteiger partial charge in [0.2, 0.25) is 17.7 Å². The van der Waals surface area contributed by atoms with E-state index < -0.39 is 18.0 Å². The monoisotopic (exact) mass is 454 g/mol. The molecule has 33 heavy (non-hydrogen) atoms. The Labute approximate surface area is 195 Å². The van der Waals surface area contributed by atoms with Gasteiger partial charge in [-0.2, -0.15) is 0 Å². The van der Waals surface area contributed by atoms with E-state index in [-0.39, 0.29) is 42.9 Å². The van der Waals surface area contributed by atoms with Crippen LogP contribution in [0.3, 0.4) is 0 Å². The molecule has 8 nitrogen and oxygen atoms in total. The third-order valence-electron chi connectivity index (χ3n) is 5.50. The van der Waals surface area contributed by atoms with E-state index in [0.29, 0.717) is 13.0 Å². The number of nitrogens with two attached hydrogens (primary N) is 1. The summed E-state index contributed by atoms with van der Waals surface area (Å²) >= 11 is 0. The number of rotatable bonds is 12. The fraction of sp³-hybridized carbons (Fsp3) is 0.400. The molecule has 2 aromatic rings. The number of phenolic OH excluding ortho intramolecular Hbond substituents is 1. The third-order valence-corrected chi connectivity index (χ3v) is 5.50. The lowest BCUT2D eigenvalue weighted by molar-refractivity contribution is -0.133. The Morgan fingerprint density at radius 2 is 1.61 bits per heavy atom. The van der Waals surface area contributed by atoms with Crippen LogP contribution in [0.1, 0.15) is 37.8 Å². The maximum atomic E-state index is 13.2. The van der Waals surface area contributed by atoms with Gasteiger partial charge in [-0.05, 0) is 29.2 Å². The number of aromatic hydroxyl groups is 1. The molecule has 2 aromatic carbocycles. The van der Waals surface area contributed by atoms with Gasteiger partial charge in [0.1, 0.15) is 17.8 Å². The summed E-state index contributed by atoms with van der Waals surface area (Å²) < 4.78 is 0. The van der Waals surface area contributed by atoms with Crippen LogP contribution in [0.5, 0.6) is 5.75 Å². The van der Waals surface area contributed by atoms with Gasteiger partial charge in [0.25, 0.3) is 0 Å². The molecule has 0 unspecified atom stereocenters. The van der Waals surface area contributed by atoms with E-state index in [1.165, 1.54) is 12.1 Å². The zero-order valence-electron chi connectivity index (χ0n) is 19.2. The normalized spacial score (nSPS) is 13.4. The molecular weight excluding hydrogens is 420 g/mol. The Hall–Kier alpha value is -3.39. The number of carbonyl (C=O) groups is 3. The summed E-state index contributed by atoms with van der Waals surface area (Å²) in [5.74, 6) is -1.07. The summed E-state index contributed by atoms with van der Waals surface area (Å²) in [4.78, 5) is 38.3. The van der Waals surface area contributed by atoms with E-state index in [1.807, 2.05) is 44.2 Å². The summed E-state index contributed by atoms with van der Waals surface area (Å²) in [6.07, 6.45) is 0.985. The van der Waals surface area contributed by atoms with Crippen LogP contribution in [-0.4, -0.2) is 41.5 Å². The Morgan fingerprint density at radius 3 is 2.21 bits per heavy atom. The van der Waals surface area contributed by atoms with Crippen molar-refractivity contribution in [2.45, 2.75) is 51.7 Å². The summed E-state index contributed by atoms with van der Waals surface area (Å²) in [6, 6.07) is 14.3. The van der Waals surface area contributed by atoms with Crippen molar-refractivity contribution in [2.24, 2.45) is 11.7 Å². The van der Waals surface area contributed by atoms with Crippen molar-refractivity contribution in [1.29, 1.82) is 0 Å². The standard InChI is InChI=1S/C25H34N4O4/c1-3-17(2)23(25(33)27-16-19-7-5-4-6-8-19)29-24(32)21(28-22(31)13-14-26)15-18-9-11-20(30)12-10-18/h4-12,17,21,23,30H,3,13-16,26H2,1-2H3,(H,27,33)(H,28,31)(H,29,32)/t17-,21-,23-/m0/s1. The molecule has 0 spiro atoms. The maximum Gasteiger partial charge on any atom is 0.243 e. The number of carbonyl (C=O) groups excluding carboxylic acids is 3. The van der Waals surface area contributed by atoms with Gasteiger partial charge < -0.3 is 26.8 Å². The molecule has 0 saturated carbocycles. The molecule has 0 aromatic heterocycles. The number of hydrogen-bond acceptors (Lipinski definition) is 5. The minimum Gasteiger partial charge on any atom is -0.508 e. The molecule has 178 valence electrons. The van der Waals surface area contributed by atoms with Crippen molar-refractivity contribution in [2.75, 3.05) is 6.54 Å². The Kier molecular flexibility index (Phi) is 10.4. The van der Waals surface area contributed by atoms with Gasteiger partial charge in [-0.1, -0.05) is 62.7 Å². The molecule has 0 heterocycles. The van der Waals surface area contributed by atoms with E-state index in [0.717, 1.165) is 11.1 Å². The van der Waals surface area contributed by atoms with Crippen molar-refractivity contribution in [3.05, 3.63) is 65.7 Å². The highest BCUT2D eigenvalue weighted by molar-refractivity contribution is 5.92. The fourth-order valence-corrected chi connectivity index (χ4v) is 3.33. The fourth-order valence-electron chi connectivity index (χ4n) is 3.33. The predicted molar refractivity (Wildman–Crippen MR) is 127 cm³/mol. The first-order valence-electron chi connectivity index (χ1n) is 11.2. The number of phenols is 1. The smallest absolute Gasteiger partial charge is 0.243 e. The second-order valence-electron chi connectivity index (χ2n) is 8.10. The summed E-state index contributed by atoms with van der Waals surface area (Å²) in [5.41, 5.74) is 7.18. The molecule has 0 aliphatic carbocycles. The largest absolute Gasteiger partial charge is 0.508 e. The number of benzene rings is 2. The maximum absolute atomic E-state index is 13.2. The summed E-state index contributed by atoms with van der Waals surface area (Å²) in [5, 5.41) is 18.0. The van der Waals surface area contributed by atoms with Crippen molar-refractivity contribution >= 4 is 17.7 Å². The van der Waals surface area contributed by atoms with E-state index in [9.17, 15) is 19.5 Å². The average molecular weight is 455 g/mol. The van der Waals surface area contributed by atoms with Gasteiger partial charge in [0.15, 0.2) is 0 Å². The lowest BCUT2D eigenvalue weighted by Crippen LogP contribution is -2.56. The van der Waals surface area contributed by atoms with Crippen molar-refractivity contribution in [3.8, 4) is 5.75 Å². The highest BCUT2D eigenvalue weighted by atomic mass is 16.3. The Morgan fingerprint density at radius 1 is 0.939 bits per heavy atom. The van der Waals surface area contributed by atoms with Gasteiger partial charge in [0, 0.05) is 25.9 Å². The van der Waals surface area contributed by atoms with E-state index in [2.05, 4.69) is 16.0 Å². The summed E-state index contributed by atoms with van der Waals surface area (Å²) in [6.45, 7) is 4.36. The van der Waals surface area contributed by atoms with E-state index in [1.54, 1.807) is 12.1 Å². The van der Waals surface area contributed by atoms with Crippen LogP contribution in [0.15, 0.2) is 54.6 Å². The van der Waals surface area contributed by atoms with Crippen LogP contribution >= 0.6 is 0 Å². The minimum absolute atomic E-state index is 0.0890. The zero-order valence-corrected chi connectivity index (χ0v) is 19.2. The van der Waals surface area contributed by atoms with Crippen LogP contribution in [0.2, 0.25) is 0 Å². The van der Waals surface area contributed by atoms with Crippen molar-refractivity contribution < 1.29 is 19.5 Å². The predicted octanol–water partition coefficient (Wildman–Crippen LogP) is 1.62. The molecular formula is C25H34N4O4. The van der Waals surface area contributed by atoms with E-state index in [4.69, 9.17) is 5.73 Å². The molecule has 6 N–H and O–H groups in total. The number of nitrogens with one attached hydrogen (secondary N) is 3. The summed E-state index contributed by atoms with van der Waals surface area (Å²) in [7, 11) is 0. The third kappa shape index (κ3) is 8.57. The van der Waals surface area contributed by atoms with Crippen LogP contribution < -0.4 is 21.7 Å². The first-order chi connectivity index (χ1) is 15.8. The first kappa shape index (κ1) is 25.9. The quantitative estimate of drug-likeness (QED) is 0.332. The molecule has 0 aliphatic rings. The van der Waals surface area contributed by atoms with Crippen LogP contribution in [0.25, 0.3) is 0 Å². The van der Waals surface area contributed by atoms with Gasteiger partial charge in [0.05, 0.1) is 0 Å². The molecule has 2 rings (SSSR count). The topological polar surface area (TPSA) is 134 Å². The van der Waals surface area contributed by atoms with Crippen LogP contribution in [0.4, 0.5) is 0 Å². The van der Waals surface area contributed by atoms with Gasteiger partial charge in [-0.25, -0.2) is 0 Å². The highest BCUT2D eigenvalue weighted by Crippen LogP contribution is 2.13. The molecule has 3 atom stereocenters. The second-order valence-corrected chi connectivity index (χ2v) is 8.10.